The number of hydrogen-bond acceptors (Lipinski definition) is 6. The van der Waals surface area contributed by atoms with Gasteiger partial charge in [-0.3, -0.25) is 4.79 Å². The molecule has 2 aliphatic heterocycles. The van der Waals surface area contributed by atoms with E-state index >= 15 is 0 Å². The number of amides is 1. The number of nitrogens with zero attached hydrogens (tertiary/aromatic N) is 1. The van der Waals surface area contributed by atoms with Crippen molar-refractivity contribution in [2.45, 2.75) is 71.5 Å². The van der Waals surface area contributed by atoms with E-state index in [2.05, 4.69) is 39.1 Å². The molecule has 2 aromatic carbocycles. The van der Waals surface area contributed by atoms with Crippen LogP contribution in [0.1, 0.15) is 70.2 Å². The molecule has 0 aromatic heterocycles. The lowest BCUT2D eigenvalue weighted by Crippen LogP contribution is -2.32. The molecule has 0 radical (unpaired) electrons. The van der Waals surface area contributed by atoms with Crippen LogP contribution in [-0.2, 0) is 4.74 Å². The Labute approximate surface area is 207 Å². The standard InChI is InChI=1S/C28H36N2O5/c1-17(11-12-24-28(3,4)35-24)7-5-8-18(2)13-14-30-21-15-19(31)16-23(33)26(21)29-25-20(27(30)34)9-6-10-22(25)32/h6-7,9-10,15-16,18,24,29,31-33H,5,8,11-14H2,1-4H3/b17-7+. The van der Waals surface area contributed by atoms with E-state index < -0.39 is 0 Å². The van der Waals surface area contributed by atoms with Gasteiger partial charge in [-0.05, 0) is 70.9 Å². The number of benzene rings is 2. The average molecular weight is 481 g/mol. The third-order valence-electron chi connectivity index (χ3n) is 7.10. The first-order valence-corrected chi connectivity index (χ1v) is 12.4. The van der Waals surface area contributed by atoms with E-state index in [4.69, 9.17) is 4.74 Å². The summed E-state index contributed by atoms with van der Waals surface area (Å²) in [7, 11) is 0. The maximum absolute atomic E-state index is 13.5. The zero-order chi connectivity index (χ0) is 25.3. The first-order chi connectivity index (χ1) is 16.6. The molecule has 35 heavy (non-hydrogen) atoms. The molecule has 2 aromatic rings. The molecule has 4 N–H and O–H groups in total. The minimum atomic E-state index is -0.291. The van der Waals surface area contributed by atoms with E-state index in [0.717, 1.165) is 32.1 Å². The highest BCUT2D eigenvalue weighted by atomic mass is 16.6. The molecule has 0 saturated carbocycles. The molecule has 0 spiro atoms. The Kier molecular flexibility index (Phi) is 6.99. The van der Waals surface area contributed by atoms with Gasteiger partial charge in [0, 0.05) is 18.7 Å². The molecule has 188 valence electrons. The number of carbonyl (C=O) groups is 1. The van der Waals surface area contributed by atoms with Gasteiger partial charge in [0.2, 0.25) is 0 Å². The first kappa shape index (κ1) is 24.9. The van der Waals surface area contributed by atoms with Crippen LogP contribution >= 0.6 is 0 Å². The zero-order valence-corrected chi connectivity index (χ0v) is 21.0. The van der Waals surface area contributed by atoms with Gasteiger partial charge in [0.05, 0.1) is 28.6 Å². The lowest BCUT2D eigenvalue weighted by atomic mass is 9.98. The Balaban J connectivity index is 1.41. The van der Waals surface area contributed by atoms with Gasteiger partial charge in [-0.2, -0.15) is 0 Å². The molecule has 1 amide bonds. The number of hydrogen-bond donors (Lipinski definition) is 4. The molecule has 1 fully saturated rings. The summed E-state index contributed by atoms with van der Waals surface area (Å²) < 4.78 is 5.66. The Morgan fingerprint density at radius 1 is 1.17 bits per heavy atom. The normalized spacial score (nSPS) is 19.4. The molecule has 4 rings (SSSR count). The van der Waals surface area contributed by atoms with Crippen LogP contribution in [0.5, 0.6) is 17.2 Å². The second-order valence-electron chi connectivity index (χ2n) is 10.4. The van der Waals surface area contributed by atoms with Crippen molar-refractivity contribution < 1.29 is 24.9 Å². The van der Waals surface area contributed by atoms with Crippen molar-refractivity contribution >= 4 is 23.0 Å². The highest BCUT2D eigenvalue weighted by molar-refractivity contribution is 6.15. The maximum atomic E-state index is 13.5. The summed E-state index contributed by atoms with van der Waals surface area (Å²) in [6.07, 6.45) is 7.52. The number of phenolic OH excluding ortho intramolecular Hbond substituents is 3. The number of para-hydroxylation sites is 1. The second kappa shape index (κ2) is 9.82. The second-order valence-corrected chi connectivity index (χ2v) is 10.4. The molecule has 2 aliphatic rings. The summed E-state index contributed by atoms with van der Waals surface area (Å²) in [5.74, 6) is -0.331. The number of epoxide rings is 1. The molecule has 0 aliphatic carbocycles. The van der Waals surface area contributed by atoms with E-state index in [1.807, 2.05) is 0 Å². The lowest BCUT2D eigenvalue weighted by Gasteiger charge is -2.25. The fourth-order valence-corrected chi connectivity index (χ4v) is 4.70. The van der Waals surface area contributed by atoms with E-state index in [0.29, 0.717) is 29.8 Å². The minimum Gasteiger partial charge on any atom is -0.508 e. The molecule has 0 bridgehead atoms. The Hall–Kier alpha value is -3.19. The van der Waals surface area contributed by atoms with E-state index in [1.165, 1.54) is 23.8 Å². The van der Waals surface area contributed by atoms with Crippen molar-refractivity contribution in [2.75, 3.05) is 16.8 Å². The van der Waals surface area contributed by atoms with Gasteiger partial charge in [0.25, 0.3) is 5.91 Å². The molecular weight excluding hydrogens is 444 g/mol. The Morgan fingerprint density at radius 3 is 2.63 bits per heavy atom. The van der Waals surface area contributed by atoms with Gasteiger partial charge in [0.15, 0.2) is 0 Å². The highest BCUT2D eigenvalue weighted by Gasteiger charge is 2.46. The van der Waals surface area contributed by atoms with Crippen molar-refractivity contribution in [1.82, 2.24) is 0 Å². The number of carbonyl (C=O) groups excluding carboxylic acids is 1. The maximum Gasteiger partial charge on any atom is 0.260 e. The number of nitrogens with one attached hydrogen (secondary N) is 1. The molecular formula is C28H36N2O5. The molecule has 7 nitrogen and oxygen atoms in total. The third kappa shape index (κ3) is 5.56. The predicted octanol–water partition coefficient (Wildman–Crippen LogP) is 6.22. The van der Waals surface area contributed by atoms with Crippen LogP contribution in [0, 0.1) is 5.92 Å². The Morgan fingerprint density at radius 2 is 1.91 bits per heavy atom. The summed E-state index contributed by atoms with van der Waals surface area (Å²) in [4.78, 5) is 15.0. The number of anilines is 3. The van der Waals surface area contributed by atoms with Crippen LogP contribution in [0.3, 0.4) is 0 Å². The number of allylic oxidation sites excluding steroid dienone is 2. The molecule has 7 heteroatoms. The minimum absolute atomic E-state index is 0.0422. The summed E-state index contributed by atoms with van der Waals surface area (Å²) in [6, 6.07) is 7.43. The Bertz CT molecular complexity index is 1140. The van der Waals surface area contributed by atoms with Crippen molar-refractivity contribution in [3.63, 3.8) is 0 Å². The lowest BCUT2D eigenvalue weighted by molar-refractivity contribution is 0.0986. The van der Waals surface area contributed by atoms with Gasteiger partial charge in [-0.15, -0.1) is 0 Å². The van der Waals surface area contributed by atoms with Crippen LogP contribution in [0.25, 0.3) is 0 Å². The molecule has 2 atom stereocenters. The van der Waals surface area contributed by atoms with E-state index in [-0.39, 0.29) is 40.1 Å². The van der Waals surface area contributed by atoms with Gasteiger partial charge in [0.1, 0.15) is 22.9 Å². The molecule has 1 saturated heterocycles. The van der Waals surface area contributed by atoms with Gasteiger partial charge >= 0.3 is 0 Å². The highest BCUT2D eigenvalue weighted by Crippen LogP contribution is 2.46. The van der Waals surface area contributed by atoms with Crippen molar-refractivity contribution in [1.29, 1.82) is 0 Å². The van der Waals surface area contributed by atoms with Crippen LogP contribution in [0.15, 0.2) is 42.0 Å². The van der Waals surface area contributed by atoms with Crippen LogP contribution in [-0.4, -0.2) is 39.5 Å². The number of fused-ring (bicyclic) bond motifs is 2. The monoisotopic (exact) mass is 480 g/mol. The number of phenols is 3. The summed E-state index contributed by atoms with van der Waals surface area (Å²) >= 11 is 0. The van der Waals surface area contributed by atoms with Crippen LogP contribution in [0.2, 0.25) is 0 Å². The van der Waals surface area contributed by atoms with Gasteiger partial charge in [-0.1, -0.05) is 24.6 Å². The van der Waals surface area contributed by atoms with Gasteiger partial charge < -0.3 is 30.3 Å². The van der Waals surface area contributed by atoms with Crippen molar-refractivity contribution in [3.8, 4) is 17.2 Å². The van der Waals surface area contributed by atoms with Crippen LogP contribution < -0.4 is 10.2 Å². The van der Waals surface area contributed by atoms with E-state index in [9.17, 15) is 20.1 Å². The predicted molar refractivity (Wildman–Crippen MR) is 138 cm³/mol. The molecule has 2 heterocycles. The number of aromatic hydroxyl groups is 3. The smallest absolute Gasteiger partial charge is 0.260 e. The summed E-state index contributed by atoms with van der Waals surface area (Å²) in [6.45, 7) is 9.03. The quantitative estimate of drug-likeness (QED) is 0.147. The average Bonchev–Trinajstić information content (AvgIpc) is 3.43. The third-order valence-corrected chi connectivity index (χ3v) is 7.10. The van der Waals surface area contributed by atoms with Gasteiger partial charge in [-0.25, -0.2) is 0 Å². The number of rotatable bonds is 9. The molecule has 2 unspecified atom stereocenters. The summed E-state index contributed by atoms with van der Waals surface area (Å²) in [5, 5.41) is 33.9. The van der Waals surface area contributed by atoms with E-state index in [1.54, 1.807) is 17.0 Å². The summed E-state index contributed by atoms with van der Waals surface area (Å²) in [5.41, 5.74) is 2.65. The number of ether oxygens (including phenoxy) is 1. The fraction of sp³-hybridized carbons (Fsp3) is 0.464. The van der Waals surface area contributed by atoms with Crippen molar-refractivity contribution in [2.24, 2.45) is 5.92 Å². The van der Waals surface area contributed by atoms with Crippen LogP contribution in [0.4, 0.5) is 17.1 Å². The largest absolute Gasteiger partial charge is 0.508 e. The zero-order valence-electron chi connectivity index (χ0n) is 21.0. The first-order valence-electron chi connectivity index (χ1n) is 12.4. The fourth-order valence-electron chi connectivity index (χ4n) is 4.70. The topological polar surface area (TPSA) is 106 Å². The SMILES string of the molecule is C/C(=C\CCC(C)CCN1C(=O)c2cccc(O)c2Nc2c(O)cc(O)cc21)CCC1OC1(C)C. The van der Waals surface area contributed by atoms with Crippen molar-refractivity contribution in [3.05, 3.63) is 47.5 Å².